The molecule has 0 unspecified atom stereocenters. The summed E-state index contributed by atoms with van der Waals surface area (Å²) < 4.78 is 0. The molecule has 0 bridgehead atoms. The molecule has 18 heavy (non-hydrogen) atoms. The molecular weight excluding hydrogens is 220 g/mol. The van der Waals surface area contributed by atoms with Crippen LogP contribution in [0.3, 0.4) is 0 Å². The van der Waals surface area contributed by atoms with Gasteiger partial charge in [0.15, 0.2) is 0 Å². The van der Waals surface area contributed by atoms with Crippen LogP contribution in [0.15, 0.2) is 30.6 Å². The first-order valence-electron chi connectivity index (χ1n) is 6.60. The zero-order chi connectivity index (χ0) is 13.5. The zero-order valence-corrected chi connectivity index (χ0v) is 12.4. The first-order valence-corrected chi connectivity index (χ1v) is 6.60. The number of aryl methyl sites for hydroxylation is 1. The Hall–Kier alpha value is -1.44. The molecule has 0 spiro atoms. The lowest BCUT2D eigenvalue weighted by Gasteiger charge is -2.30. The molecule has 1 aromatic carbocycles. The molecule has 2 rings (SSSR count). The van der Waals surface area contributed by atoms with Crippen LogP contribution >= 0.6 is 0 Å². The smallest absolute Gasteiger partial charge is 0.102 e. The quantitative estimate of drug-likeness (QED) is 0.740. The molecule has 2 nitrogen and oxygen atoms in total. The number of hydrogen-bond acceptors (Lipinski definition) is 2. The lowest BCUT2D eigenvalue weighted by atomic mass is 9.86. The van der Waals surface area contributed by atoms with Gasteiger partial charge in [-0.15, -0.1) is 0 Å². The molecule has 1 atom stereocenters. The summed E-state index contributed by atoms with van der Waals surface area (Å²) in [5.41, 5.74) is 4.23. The van der Waals surface area contributed by atoms with E-state index in [0.29, 0.717) is 6.17 Å². The van der Waals surface area contributed by atoms with Crippen LogP contribution in [0, 0.1) is 6.92 Å². The second-order valence-electron chi connectivity index (χ2n) is 6.25. The number of rotatable bonds is 1. The van der Waals surface area contributed by atoms with Crippen LogP contribution in [0.5, 0.6) is 0 Å². The Balaban J connectivity index is 2.42. The van der Waals surface area contributed by atoms with Crippen molar-refractivity contribution in [3.05, 3.63) is 41.7 Å². The third-order valence-corrected chi connectivity index (χ3v) is 3.81. The van der Waals surface area contributed by atoms with Gasteiger partial charge in [-0.05, 0) is 36.5 Å². The van der Waals surface area contributed by atoms with Crippen LogP contribution in [0.1, 0.15) is 38.8 Å². The van der Waals surface area contributed by atoms with Gasteiger partial charge in [0.25, 0.3) is 0 Å². The Morgan fingerprint density at radius 1 is 1.11 bits per heavy atom. The molecule has 98 valence electrons. The van der Waals surface area contributed by atoms with Gasteiger partial charge in [-0.1, -0.05) is 32.9 Å². The van der Waals surface area contributed by atoms with Gasteiger partial charge in [0.2, 0.25) is 0 Å². The number of hydrogen-bond donors (Lipinski definition) is 0. The summed E-state index contributed by atoms with van der Waals surface area (Å²) in [7, 11) is 2.12. The van der Waals surface area contributed by atoms with Crippen molar-refractivity contribution in [2.75, 3.05) is 11.9 Å². The standard InChI is InChI=1S/C16H24N2/c1-12-7-8-14(16(3,4)5)11-15(12)18-10-9-17(6)13(18)2/h7-11,13H,1-6H3/t13-/m0/s1. The summed E-state index contributed by atoms with van der Waals surface area (Å²) in [6.45, 7) is 11.2. The minimum Gasteiger partial charge on any atom is -0.359 e. The van der Waals surface area contributed by atoms with Crippen molar-refractivity contribution in [2.24, 2.45) is 0 Å². The van der Waals surface area contributed by atoms with Crippen LogP contribution in [0.25, 0.3) is 0 Å². The molecule has 0 amide bonds. The minimum absolute atomic E-state index is 0.195. The highest BCUT2D eigenvalue weighted by Gasteiger charge is 2.23. The summed E-state index contributed by atoms with van der Waals surface area (Å²) in [5, 5.41) is 0. The van der Waals surface area contributed by atoms with Gasteiger partial charge < -0.3 is 9.80 Å². The molecule has 0 N–H and O–H groups in total. The molecule has 0 saturated carbocycles. The van der Waals surface area contributed by atoms with E-state index in [9.17, 15) is 0 Å². The summed E-state index contributed by atoms with van der Waals surface area (Å²) in [4.78, 5) is 4.56. The SMILES string of the molecule is Cc1ccc(C(C)(C)C)cc1N1C=CN(C)[C@@H]1C. The third kappa shape index (κ3) is 2.24. The van der Waals surface area contributed by atoms with Crippen LogP contribution in [-0.4, -0.2) is 18.1 Å². The van der Waals surface area contributed by atoms with Gasteiger partial charge >= 0.3 is 0 Å². The van der Waals surface area contributed by atoms with Gasteiger partial charge in [-0.2, -0.15) is 0 Å². The monoisotopic (exact) mass is 244 g/mol. The second kappa shape index (κ2) is 4.34. The summed E-state index contributed by atoms with van der Waals surface area (Å²) in [6, 6.07) is 6.80. The van der Waals surface area contributed by atoms with E-state index in [2.05, 4.69) is 82.1 Å². The molecule has 0 fully saturated rings. The van der Waals surface area contributed by atoms with Crippen molar-refractivity contribution in [3.63, 3.8) is 0 Å². The first-order chi connectivity index (χ1) is 8.30. The van der Waals surface area contributed by atoms with E-state index in [1.807, 2.05) is 0 Å². The van der Waals surface area contributed by atoms with Gasteiger partial charge in [-0.25, -0.2) is 0 Å². The van der Waals surface area contributed by atoms with Gasteiger partial charge in [0.1, 0.15) is 6.17 Å². The summed E-state index contributed by atoms with van der Waals surface area (Å²) >= 11 is 0. The van der Waals surface area contributed by atoms with Crippen molar-refractivity contribution in [1.29, 1.82) is 0 Å². The number of benzene rings is 1. The van der Waals surface area contributed by atoms with E-state index in [1.165, 1.54) is 16.8 Å². The molecule has 0 saturated heterocycles. The van der Waals surface area contributed by atoms with Crippen molar-refractivity contribution < 1.29 is 0 Å². The molecule has 0 aliphatic carbocycles. The normalized spacial score (nSPS) is 19.8. The molecule has 1 aliphatic rings. The number of nitrogens with zero attached hydrogens (tertiary/aromatic N) is 2. The molecule has 1 aromatic rings. The Bertz CT molecular complexity index is 468. The Morgan fingerprint density at radius 3 is 2.28 bits per heavy atom. The van der Waals surface area contributed by atoms with E-state index < -0.39 is 0 Å². The molecule has 1 heterocycles. The van der Waals surface area contributed by atoms with E-state index in [1.54, 1.807) is 0 Å². The maximum atomic E-state index is 2.34. The summed E-state index contributed by atoms with van der Waals surface area (Å²) in [5.74, 6) is 0. The molecule has 0 radical (unpaired) electrons. The van der Waals surface area contributed by atoms with Gasteiger partial charge in [0.05, 0.1) is 0 Å². The average Bonchev–Trinajstić information content (AvgIpc) is 2.59. The maximum absolute atomic E-state index is 2.34. The third-order valence-electron chi connectivity index (χ3n) is 3.81. The number of anilines is 1. The fourth-order valence-electron chi connectivity index (χ4n) is 2.26. The van der Waals surface area contributed by atoms with Gasteiger partial charge in [0, 0.05) is 25.1 Å². The Morgan fingerprint density at radius 2 is 1.78 bits per heavy atom. The highest BCUT2D eigenvalue weighted by molar-refractivity contribution is 5.59. The van der Waals surface area contributed by atoms with Crippen molar-refractivity contribution in [3.8, 4) is 0 Å². The Kier molecular flexibility index (Phi) is 3.14. The lowest BCUT2D eigenvalue weighted by Crippen LogP contribution is -2.34. The lowest BCUT2D eigenvalue weighted by molar-refractivity contribution is 0.383. The fraction of sp³-hybridized carbons (Fsp3) is 0.500. The molecule has 0 aromatic heterocycles. The molecular formula is C16H24N2. The molecule has 1 aliphatic heterocycles. The van der Waals surface area contributed by atoms with Crippen molar-refractivity contribution in [2.45, 2.75) is 46.2 Å². The zero-order valence-electron chi connectivity index (χ0n) is 12.4. The summed E-state index contributed by atoms with van der Waals surface area (Å²) in [6.07, 6.45) is 4.69. The fourth-order valence-corrected chi connectivity index (χ4v) is 2.26. The van der Waals surface area contributed by atoms with E-state index in [0.717, 1.165) is 0 Å². The van der Waals surface area contributed by atoms with Crippen LogP contribution in [-0.2, 0) is 5.41 Å². The van der Waals surface area contributed by atoms with Crippen LogP contribution in [0.4, 0.5) is 5.69 Å². The minimum atomic E-state index is 0.195. The highest BCUT2D eigenvalue weighted by Crippen LogP contribution is 2.32. The van der Waals surface area contributed by atoms with Crippen LogP contribution < -0.4 is 4.90 Å². The maximum Gasteiger partial charge on any atom is 0.102 e. The molecule has 2 heteroatoms. The highest BCUT2D eigenvalue weighted by atomic mass is 15.4. The van der Waals surface area contributed by atoms with Crippen molar-refractivity contribution >= 4 is 5.69 Å². The average molecular weight is 244 g/mol. The topological polar surface area (TPSA) is 6.48 Å². The second-order valence-corrected chi connectivity index (χ2v) is 6.25. The Labute approximate surface area is 111 Å². The first kappa shape index (κ1) is 13.0. The largest absolute Gasteiger partial charge is 0.359 e. The van der Waals surface area contributed by atoms with E-state index in [4.69, 9.17) is 0 Å². The predicted molar refractivity (Wildman–Crippen MR) is 78.7 cm³/mol. The van der Waals surface area contributed by atoms with E-state index >= 15 is 0 Å². The van der Waals surface area contributed by atoms with Gasteiger partial charge in [-0.3, -0.25) is 0 Å². The predicted octanol–water partition coefficient (Wildman–Crippen LogP) is 3.86. The van der Waals surface area contributed by atoms with Crippen molar-refractivity contribution in [1.82, 2.24) is 4.90 Å². The van der Waals surface area contributed by atoms with E-state index in [-0.39, 0.29) is 5.41 Å². The van der Waals surface area contributed by atoms with Crippen LogP contribution in [0.2, 0.25) is 0 Å².